The van der Waals surface area contributed by atoms with Crippen molar-refractivity contribution in [1.29, 1.82) is 0 Å². The van der Waals surface area contributed by atoms with Crippen molar-refractivity contribution in [2.75, 3.05) is 19.6 Å². The monoisotopic (exact) mass is 344 g/mol. The van der Waals surface area contributed by atoms with E-state index in [1.165, 1.54) is 18.4 Å². The fourth-order valence-corrected chi connectivity index (χ4v) is 3.29. The van der Waals surface area contributed by atoms with Gasteiger partial charge in [-0.25, -0.2) is 0 Å². The molecular weight excluding hydrogens is 320 g/mol. The number of nitrogens with one attached hydrogen (secondary N) is 2. The third kappa shape index (κ3) is 5.23. The van der Waals surface area contributed by atoms with Gasteiger partial charge in [0.15, 0.2) is 0 Å². The van der Waals surface area contributed by atoms with Gasteiger partial charge in [-0.1, -0.05) is 41.9 Å². The molecule has 2 N–H and O–H groups in total. The Kier molecular flexibility index (Phi) is 6.53. The Hall–Kier alpha value is -1.55. The van der Waals surface area contributed by atoms with Crippen LogP contribution in [0.25, 0.3) is 0 Å². The first-order chi connectivity index (χ1) is 11.8. The maximum atomic E-state index is 6.03. The number of halogens is 1. The number of hydrogen-bond donors (Lipinski definition) is 2. The highest BCUT2D eigenvalue weighted by atomic mass is 35.5. The van der Waals surface area contributed by atoms with Crippen LogP contribution in [0.2, 0.25) is 5.02 Å². The number of ether oxygens (including phenoxy) is 1. The summed E-state index contributed by atoms with van der Waals surface area (Å²) in [7, 11) is 0. The maximum Gasteiger partial charge on any atom is 0.124 e. The van der Waals surface area contributed by atoms with Crippen LogP contribution in [0.4, 0.5) is 0 Å². The molecule has 1 saturated heterocycles. The molecule has 0 bridgehead atoms. The molecule has 1 aliphatic heterocycles. The quantitative estimate of drug-likeness (QED) is 0.796. The molecule has 0 radical (unpaired) electrons. The van der Waals surface area contributed by atoms with Crippen molar-refractivity contribution in [1.82, 2.24) is 10.6 Å². The van der Waals surface area contributed by atoms with E-state index < -0.39 is 0 Å². The standard InChI is InChI=1S/C20H25ClN2O/c21-19-6-3-4-17(12-19)15-24-20-7-2-1-5-18(20)14-23-13-16-8-10-22-11-9-16/h1-7,12,16,22-23H,8-11,13-15H2. The number of para-hydroxylation sites is 1. The van der Waals surface area contributed by atoms with Gasteiger partial charge in [-0.3, -0.25) is 0 Å². The lowest BCUT2D eigenvalue weighted by atomic mass is 9.98. The number of piperidine rings is 1. The minimum Gasteiger partial charge on any atom is -0.489 e. The van der Waals surface area contributed by atoms with Crippen LogP contribution >= 0.6 is 11.6 Å². The minimum absolute atomic E-state index is 0.534. The van der Waals surface area contributed by atoms with E-state index in [0.29, 0.717) is 6.61 Å². The Balaban J connectivity index is 1.52. The van der Waals surface area contributed by atoms with Crippen molar-refractivity contribution in [2.45, 2.75) is 26.0 Å². The van der Waals surface area contributed by atoms with Crippen LogP contribution in [-0.2, 0) is 13.2 Å². The topological polar surface area (TPSA) is 33.3 Å². The molecule has 0 spiro atoms. The molecule has 128 valence electrons. The van der Waals surface area contributed by atoms with E-state index in [4.69, 9.17) is 16.3 Å². The predicted molar refractivity (Wildman–Crippen MR) is 99.5 cm³/mol. The summed E-state index contributed by atoms with van der Waals surface area (Å²) in [6.45, 7) is 4.74. The van der Waals surface area contributed by atoms with Crippen LogP contribution in [0.15, 0.2) is 48.5 Å². The first-order valence-electron chi connectivity index (χ1n) is 8.68. The van der Waals surface area contributed by atoms with Gasteiger partial charge in [-0.2, -0.15) is 0 Å². The van der Waals surface area contributed by atoms with Gasteiger partial charge >= 0.3 is 0 Å². The molecule has 3 nitrogen and oxygen atoms in total. The number of rotatable bonds is 7. The Bertz CT molecular complexity index is 641. The fraction of sp³-hybridized carbons (Fsp3) is 0.400. The summed E-state index contributed by atoms with van der Waals surface area (Å²) in [6, 6.07) is 16.0. The van der Waals surface area contributed by atoms with Crippen LogP contribution < -0.4 is 15.4 Å². The van der Waals surface area contributed by atoms with Gasteiger partial charge in [0.1, 0.15) is 12.4 Å². The molecule has 4 heteroatoms. The van der Waals surface area contributed by atoms with Gasteiger partial charge in [-0.05, 0) is 62.2 Å². The smallest absolute Gasteiger partial charge is 0.124 e. The first kappa shape index (κ1) is 17.3. The molecule has 0 saturated carbocycles. The molecule has 1 fully saturated rings. The summed E-state index contributed by atoms with van der Waals surface area (Å²) in [5, 5.41) is 7.74. The van der Waals surface area contributed by atoms with Crippen molar-refractivity contribution < 1.29 is 4.74 Å². The van der Waals surface area contributed by atoms with E-state index in [2.05, 4.69) is 22.8 Å². The van der Waals surface area contributed by atoms with Crippen molar-refractivity contribution in [3.8, 4) is 5.75 Å². The Labute approximate surface area is 149 Å². The minimum atomic E-state index is 0.534. The molecule has 1 heterocycles. The second-order valence-electron chi connectivity index (χ2n) is 6.35. The van der Waals surface area contributed by atoms with Gasteiger partial charge in [0.05, 0.1) is 0 Å². The van der Waals surface area contributed by atoms with E-state index in [1.54, 1.807) is 0 Å². The van der Waals surface area contributed by atoms with E-state index >= 15 is 0 Å². The molecule has 0 aromatic heterocycles. The largest absolute Gasteiger partial charge is 0.489 e. The summed E-state index contributed by atoms with van der Waals surface area (Å²) < 4.78 is 6.01. The van der Waals surface area contributed by atoms with Gasteiger partial charge in [0.2, 0.25) is 0 Å². The first-order valence-corrected chi connectivity index (χ1v) is 9.05. The molecular formula is C20H25ClN2O. The highest BCUT2D eigenvalue weighted by Gasteiger charge is 2.12. The average molecular weight is 345 g/mol. The predicted octanol–water partition coefficient (Wildman–Crippen LogP) is 4.01. The lowest BCUT2D eigenvalue weighted by Gasteiger charge is -2.23. The van der Waals surface area contributed by atoms with Crippen molar-refractivity contribution in [3.63, 3.8) is 0 Å². The summed E-state index contributed by atoms with van der Waals surface area (Å²) in [5.74, 6) is 1.72. The van der Waals surface area contributed by atoms with Crippen LogP contribution in [-0.4, -0.2) is 19.6 Å². The Morgan fingerprint density at radius 2 is 1.92 bits per heavy atom. The van der Waals surface area contributed by atoms with Gasteiger partial charge in [0.25, 0.3) is 0 Å². The molecule has 3 rings (SSSR count). The van der Waals surface area contributed by atoms with E-state index in [0.717, 1.165) is 48.4 Å². The molecule has 2 aromatic carbocycles. The van der Waals surface area contributed by atoms with Crippen molar-refractivity contribution in [3.05, 3.63) is 64.7 Å². The lowest BCUT2D eigenvalue weighted by Crippen LogP contribution is -2.33. The third-order valence-electron chi connectivity index (χ3n) is 4.46. The number of hydrogen-bond acceptors (Lipinski definition) is 3. The Morgan fingerprint density at radius 1 is 1.08 bits per heavy atom. The zero-order valence-electron chi connectivity index (χ0n) is 13.9. The van der Waals surface area contributed by atoms with E-state index in [-0.39, 0.29) is 0 Å². The van der Waals surface area contributed by atoms with E-state index in [1.807, 2.05) is 36.4 Å². The summed E-state index contributed by atoms with van der Waals surface area (Å²) in [4.78, 5) is 0. The molecule has 2 aromatic rings. The van der Waals surface area contributed by atoms with Gasteiger partial charge in [0, 0.05) is 17.1 Å². The molecule has 0 amide bonds. The maximum absolute atomic E-state index is 6.03. The van der Waals surface area contributed by atoms with E-state index in [9.17, 15) is 0 Å². The molecule has 24 heavy (non-hydrogen) atoms. The van der Waals surface area contributed by atoms with Crippen LogP contribution in [0.5, 0.6) is 5.75 Å². The van der Waals surface area contributed by atoms with Crippen molar-refractivity contribution in [2.24, 2.45) is 5.92 Å². The molecule has 1 aliphatic rings. The molecule has 0 aliphatic carbocycles. The zero-order chi connectivity index (χ0) is 16.6. The van der Waals surface area contributed by atoms with Crippen LogP contribution in [0.1, 0.15) is 24.0 Å². The summed E-state index contributed by atoms with van der Waals surface area (Å²) >= 11 is 6.03. The fourth-order valence-electron chi connectivity index (χ4n) is 3.08. The second-order valence-corrected chi connectivity index (χ2v) is 6.79. The SMILES string of the molecule is Clc1cccc(COc2ccccc2CNCC2CCNCC2)c1. The van der Waals surface area contributed by atoms with Crippen LogP contribution in [0, 0.1) is 5.92 Å². The highest BCUT2D eigenvalue weighted by molar-refractivity contribution is 6.30. The summed E-state index contributed by atoms with van der Waals surface area (Å²) in [5.41, 5.74) is 2.29. The molecule has 0 atom stereocenters. The average Bonchev–Trinajstić information content (AvgIpc) is 2.62. The lowest BCUT2D eigenvalue weighted by molar-refractivity contribution is 0.301. The normalized spacial score (nSPS) is 15.4. The number of benzene rings is 2. The molecule has 0 unspecified atom stereocenters. The van der Waals surface area contributed by atoms with Gasteiger partial charge in [-0.15, -0.1) is 0 Å². The second kappa shape index (κ2) is 9.07. The highest BCUT2D eigenvalue weighted by Crippen LogP contribution is 2.20. The summed E-state index contributed by atoms with van der Waals surface area (Å²) in [6.07, 6.45) is 2.53. The van der Waals surface area contributed by atoms with Crippen molar-refractivity contribution >= 4 is 11.6 Å². The zero-order valence-corrected chi connectivity index (χ0v) is 14.7. The third-order valence-corrected chi connectivity index (χ3v) is 4.70. The van der Waals surface area contributed by atoms with Gasteiger partial charge < -0.3 is 15.4 Å². The Morgan fingerprint density at radius 3 is 2.75 bits per heavy atom. The van der Waals surface area contributed by atoms with Crippen LogP contribution in [0.3, 0.4) is 0 Å².